The van der Waals surface area contributed by atoms with Gasteiger partial charge >= 0.3 is 0 Å². The van der Waals surface area contributed by atoms with Gasteiger partial charge in [-0.05, 0) is 30.6 Å². The Hall–Kier alpha value is -1.42. The molecule has 2 aliphatic rings. The number of rotatable bonds is 2. The first kappa shape index (κ1) is 15.1. The molecule has 0 spiro atoms. The summed E-state index contributed by atoms with van der Waals surface area (Å²) in [5, 5.41) is 11.9. The van der Waals surface area contributed by atoms with Crippen LogP contribution >= 0.6 is 11.8 Å². The lowest BCUT2D eigenvalue weighted by Gasteiger charge is -2.37. The average Bonchev–Trinajstić information content (AvgIpc) is 2.83. The maximum Gasteiger partial charge on any atom is 0.150 e. The molecule has 0 radical (unpaired) electrons. The van der Waals surface area contributed by atoms with Gasteiger partial charge < -0.3 is 0 Å². The number of nitrogens with zero attached hydrogens (tertiary/aromatic N) is 2. The molecule has 1 aromatic heterocycles. The Balaban J connectivity index is 1.78. The first-order valence-electron chi connectivity index (χ1n) is 8.29. The summed E-state index contributed by atoms with van der Waals surface area (Å²) >= 11 is 1.64. The molecule has 1 aromatic carbocycles. The molecule has 0 unspecified atom stereocenters. The molecule has 0 amide bonds. The minimum Gasteiger partial charge on any atom is -0.298 e. The third-order valence-electron chi connectivity index (χ3n) is 6.54. The molecule has 2 fully saturated rings. The third kappa shape index (κ3) is 1.87. The Morgan fingerprint density at radius 3 is 2.48 bits per heavy atom. The van der Waals surface area contributed by atoms with Gasteiger partial charge in [-0.3, -0.25) is 4.79 Å². The molecule has 3 atom stereocenters. The van der Waals surface area contributed by atoms with Crippen LogP contribution in [-0.4, -0.2) is 21.2 Å². The number of aryl methyl sites for hydroxylation is 1. The van der Waals surface area contributed by atoms with E-state index in [2.05, 4.69) is 43.1 Å². The van der Waals surface area contributed by atoms with Crippen LogP contribution in [0.25, 0.3) is 10.8 Å². The van der Waals surface area contributed by atoms with Crippen molar-refractivity contribution >= 4 is 28.3 Å². The molecule has 4 rings (SSSR count). The van der Waals surface area contributed by atoms with E-state index in [1.165, 1.54) is 0 Å². The highest BCUT2D eigenvalue weighted by Gasteiger charge is 2.66. The summed E-state index contributed by atoms with van der Waals surface area (Å²) in [7, 11) is 0. The molecule has 1 heterocycles. The lowest BCUT2D eigenvalue weighted by atomic mass is 9.71. The minimum atomic E-state index is -0.00309. The van der Waals surface area contributed by atoms with Crippen molar-refractivity contribution in [1.82, 2.24) is 10.2 Å². The first-order valence-corrected chi connectivity index (χ1v) is 9.16. The Labute approximate surface area is 141 Å². The van der Waals surface area contributed by atoms with Gasteiger partial charge in [-0.25, -0.2) is 0 Å². The fourth-order valence-electron chi connectivity index (χ4n) is 4.59. The number of ketones is 1. The molecule has 2 bridgehead atoms. The topological polar surface area (TPSA) is 42.9 Å². The summed E-state index contributed by atoms with van der Waals surface area (Å²) in [6.45, 7) is 8.81. The zero-order chi connectivity index (χ0) is 16.4. The van der Waals surface area contributed by atoms with Gasteiger partial charge in [0.15, 0.2) is 0 Å². The van der Waals surface area contributed by atoms with Crippen molar-refractivity contribution in [3.63, 3.8) is 0 Å². The van der Waals surface area contributed by atoms with Gasteiger partial charge in [0.2, 0.25) is 0 Å². The summed E-state index contributed by atoms with van der Waals surface area (Å²) in [5.74, 6) is 0.620. The quantitative estimate of drug-likeness (QED) is 0.819. The molecule has 2 aromatic rings. The molecule has 0 N–H and O–H groups in total. The molecule has 0 saturated heterocycles. The van der Waals surface area contributed by atoms with E-state index in [-0.39, 0.29) is 22.0 Å². The van der Waals surface area contributed by atoms with Crippen molar-refractivity contribution in [2.45, 2.75) is 50.8 Å². The SMILES string of the molecule is Cc1nnc(S[C@H]2C(=O)[C@@H]3CC[C@]2(C)C3(C)C)c2ccccc12. The standard InChI is InChI=1S/C19H22N2OS/c1-11-12-7-5-6-8-13(12)17(21-20-11)23-16-15(22)14-9-10-19(16,4)18(14,2)3/h5-8,14,16H,9-10H2,1-4H3/t14-,16-,19-/m0/s1. The summed E-state index contributed by atoms with van der Waals surface area (Å²) in [6, 6.07) is 8.22. The zero-order valence-electron chi connectivity index (χ0n) is 14.1. The molecule has 4 heteroatoms. The number of fused-ring (bicyclic) bond motifs is 3. The average molecular weight is 326 g/mol. The Morgan fingerprint density at radius 2 is 1.83 bits per heavy atom. The predicted molar refractivity (Wildman–Crippen MR) is 93.5 cm³/mol. The highest BCUT2D eigenvalue weighted by atomic mass is 32.2. The summed E-state index contributed by atoms with van der Waals surface area (Å²) in [5.41, 5.74) is 1.07. The highest BCUT2D eigenvalue weighted by molar-refractivity contribution is 8.00. The van der Waals surface area contributed by atoms with Gasteiger partial charge in [-0.15, -0.1) is 5.10 Å². The molecule has 2 aliphatic carbocycles. The number of aromatic nitrogens is 2. The third-order valence-corrected chi connectivity index (χ3v) is 8.06. The molecular formula is C19H22N2OS. The van der Waals surface area contributed by atoms with Gasteiger partial charge in [-0.2, -0.15) is 5.10 Å². The lowest BCUT2D eigenvalue weighted by Crippen LogP contribution is -2.35. The van der Waals surface area contributed by atoms with E-state index in [1.807, 2.05) is 19.1 Å². The van der Waals surface area contributed by atoms with Crippen molar-refractivity contribution in [1.29, 1.82) is 0 Å². The van der Waals surface area contributed by atoms with Gasteiger partial charge in [0.05, 0.1) is 10.9 Å². The number of carbonyl (C=O) groups excluding carboxylic acids is 1. The Morgan fingerprint density at radius 1 is 1.13 bits per heavy atom. The van der Waals surface area contributed by atoms with Crippen molar-refractivity contribution in [3.05, 3.63) is 30.0 Å². The van der Waals surface area contributed by atoms with Crippen LogP contribution < -0.4 is 0 Å². The fraction of sp³-hybridized carbons (Fsp3) is 0.526. The van der Waals surface area contributed by atoms with E-state index in [0.717, 1.165) is 34.3 Å². The van der Waals surface area contributed by atoms with Crippen LogP contribution in [0, 0.1) is 23.7 Å². The summed E-state index contributed by atoms with van der Waals surface area (Å²) in [4.78, 5) is 12.9. The normalized spacial score (nSPS) is 31.9. The molecule has 3 nitrogen and oxygen atoms in total. The maximum absolute atomic E-state index is 12.9. The van der Waals surface area contributed by atoms with Gasteiger partial charge in [0.1, 0.15) is 10.8 Å². The zero-order valence-corrected chi connectivity index (χ0v) is 14.9. The number of thioether (sulfide) groups is 1. The van der Waals surface area contributed by atoms with E-state index < -0.39 is 0 Å². The van der Waals surface area contributed by atoms with Crippen LogP contribution in [0.15, 0.2) is 29.3 Å². The molecule has 120 valence electrons. The van der Waals surface area contributed by atoms with Crippen molar-refractivity contribution in [3.8, 4) is 0 Å². The van der Waals surface area contributed by atoms with E-state index in [1.54, 1.807) is 11.8 Å². The fourth-order valence-corrected chi connectivity index (χ4v) is 6.17. The van der Waals surface area contributed by atoms with Crippen LogP contribution in [-0.2, 0) is 4.79 Å². The smallest absolute Gasteiger partial charge is 0.150 e. The second-order valence-corrected chi connectivity index (χ2v) is 8.86. The Bertz CT molecular complexity index is 816. The van der Waals surface area contributed by atoms with Crippen LogP contribution in [0.2, 0.25) is 0 Å². The second-order valence-electron chi connectivity index (χ2n) is 7.77. The van der Waals surface area contributed by atoms with Crippen LogP contribution in [0.3, 0.4) is 0 Å². The highest BCUT2D eigenvalue weighted by Crippen LogP contribution is 2.67. The Kier molecular flexibility index (Phi) is 3.15. The first-order chi connectivity index (χ1) is 10.9. The number of hydrogen-bond acceptors (Lipinski definition) is 4. The maximum atomic E-state index is 12.9. The van der Waals surface area contributed by atoms with E-state index in [9.17, 15) is 4.79 Å². The van der Waals surface area contributed by atoms with Crippen molar-refractivity contribution in [2.75, 3.05) is 0 Å². The van der Waals surface area contributed by atoms with E-state index in [4.69, 9.17) is 0 Å². The molecular weight excluding hydrogens is 304 g/mol. The van der Waals surface area contributed by atoms with Crippen molar-refractivity contribution < 1.29 is 4.79 Å². The number of benzene rings is 1. The molecule has 2 saturated carbocycles. The van der Waals surface area contributed by atoms with Crippen LogP contribution in [0.4, 0.5) is 0 Å². The van der Waals surface area contributed by atoms with Gasteiger partial charge in [0, 0.05) is 16.7 Å². The lowest BCUT2D eigenvalue weighted by molar-refractivity contribution is -0.122. The molecule has 0 aliphatic heterocycles. The minimum absolute atomic E-state index is 0.00309. The summed E-state index contributed by atoms with van der Waals surface area (Å²) in [6.07, 6.45) is 2.17. The van der Waals surface area contributed by atoms with Crippen molar-refractivity contribution in [2.24, 2.45) is 16.7 Å². The number of carbonyl (C=O) groups is 1. The monoisotopic (exact) mass is 326 g/mol. The number of hydrogen-bond donors (Lipinski definition) is 0. The molecule has 23 heavy (non-hydrogen) atoms. The predicted octanol–water partition coefficient (Wildman–Crippen LogP) is 4.42. The second kappa shape index (κ2) is 4.79. The van der Waals surface area contributed by atoms with Crippen LogP contribution in [0.1, 0.15) is 39.3 Å². The largest absolute Gasteiger partial charge is 0.298 e. The summed E-state index contributed by atoms with van der Waals surface area (Å²) < 4.78 is 0. The van der Waals surface area contributed by atoms with Gasteiger partial charge in [0.25, 0.3) is 0 Å². The van der Waals surface area contributed by atoms with Crippen LogP contribution in [0.5, 0.6) is 0 Å². The van der Waals surface area contributed by atoms with Gasteiger partial charge in [-0.1, -0.05) is 56.8 Å². The number of Topliss-reactive ketones (excluding diaryl/α,β-unsaturated/α-hetero) is 1. The van der Waals surface area contributed by atoms with E-state index >= 15 is 0 Å². The van der Waals surface area contributed by atoms with E-state index in [0.29, 0.717) is 5.78 Å².